The highest BCUT2D eigenvalue weighted by atomic mass is 35.5. The zero-order chi connectivity index (χ0) is 17.3. The highest BCUT2D eigenvalue weighted by molar-refractivity contribution is 7.89. The Morgan fingerprint density at radius 1 is 1.12 bits per heavy atom. The van der Waals surface area contributed by atoms with Gasteiger partial charge in [0.15, 0.2) is 0 Å². The van der Waals surface area contributed by atoms with E-state index in [9.17, 15) is 8.42 Å². The van der Waals surface area contributed by atoms with Gasteiger partial charge in [0.25, 0.3) is 0 Å². The van der Waals surface area contributed by atoms with E-state index in [0.29, 0.717) is 24.0 Å². The van der Waals surface area contributed by atoms with Crippen LogP contribution in [0.25, 0.3) is 0 Å². The lowest BCUT2D eigenvalue weighted by Gasteiger charge is -2.32. The Bertz CT molecular complexity index is 705. The van der Waals surface area contributed by atoms with Crippen LogP contribution in [0.3, 0.4) is 0 Å². The first-order valence-corrected chi connectivity index (χ1v) is 9.98. The molecule has 142 valence electrons. The summed E-state index contributed by atoms with van der Waals surface area (Å²) in [5.41, 5.74) is 1.66. The van der Waals surface area contributed by atoms with Crippen molar-refractivity contribution in [3.8, 4) is 5.75 Å². The van der Waals surface area contributed by atoms with Gasteiger partial charge >= 0.3 is 0 Å². The minimum atomic E-state index is -3.45. The van der Waals surface area contributed by atoms with Crippen LogP contribution in [-0.2, 0) is 10.0 Å². The van der Waals surface area contributed by atoms with Gasteiger partial charge in [0, 0.05) is 45.3 Å². The summed E-state index contributed by atoms with van der Waals surface area (Å²) < 4.78 is 33.1. The summed E-state index contributed by atoms with van der Waals surface area (Å²) >= 11 is 0. The molecule has 0 aliphatic carbocycles. The summed E-state index contributed by atoms with van der Waals surface area (Å²) in [7, 11) is -1.85. The van der Waals surface area contributed by atoms with Crippen molar-refractivity contribution in [1.29, 1.82) is 0 Å². The molecule has 1 atom stereocenters. The van der Waals surface area contributed by atoms with Crippen molar-refractivity contribution in [3.63, 3.8) is 0 Å². The van der Waals surface area contributed by atoms with Gasteiger partial charge in [-0.15, -0.1) is 12.4 Å². The second-order valence-corrected chi connectivity index (χ2v) is 8.51. The molecule has 6 nitrogen and oxygen atoms in total. The van der Waals surface area contributed by atoms with Gasteiger partial charge in [-0.3, -0.25) is 4.90 Å². The van der Waals surface area contributed by atoms with Crippen molar-refractivity contribution in [2.24, 2.45) is 0 Å². The standard InChI is InChI=1S/C17H27N3O3S.ClH/c1-13-14(2)17(5-4-16(13)23-3)24(21,22)20-9-6-15(12-20)19-10-7-18-8-11-19;/h4-5,15,18H,6-12H2,1-3H3;1H. The molecule has 0 radical (unpaired) electrons. The predicted molar refractivity (Wildman–Crippen MR) is 101 cm³/mol. The third-order valence-corrected chi connectivity index (χ3v) is 7.33. The molecule has 25 heavy (non-hydrogen) atoms. The number of piperazine rings is 1. The van der Waals surface area contributed by atoms with Gasteiger partial charge in [0.05, 0.1) is 12.0 Å². The number of rotatable bonds is 4. The molecule has 1 aromatic rings. The number of benzene rings is 1. The Kier molecular flexibility index (Phi) is 6.73. The van der Waals surface area contributed by atoms with Crippen LogP contribution in [0.15, 0.2) is 17.0 Å². The van der Waals surface area contributed by atoms with E-state index in [0.717, 1.165) is 49.5 Å². The highest BCUT2D eigenvalue weighted by Crippen LogP contribution is 2.30. The lowest BCUT2D eigenvalue weighted by Crippen LogP contribution is -2.49. The Morgan fingerprint density at radius 3 is 2.44 bits per heavy atom. The number of hydrogen-bond donors (Lipinski definition) is 1. The molecule has 8 heteroatoms. The van der Waals surface area contributed by atoms with Crippen LogP contribution in [-0.4, -0.2) is 70.0 Å². The number of halogens is 1. The number of methoxy groups -OCH3 is 1. The molecule has 2 saturated heterocycles. The van der Waals surface area contributed by atoms with E-state index >= 15 is 0 Å². The summed E-state index contributed by atoms with van der Waals surface area (Å²) in [6.07, 6.45) is 0.910. The lowest BCUT2D eigenvalue weighted by atomic mass is 10.1. The largest absolute Gasteiger partial charge is 0.496 e. The lowest BCUT2D eigenvalue weighted by molar-refractivity contribution is 0.179. The van der Waals surface area contributed by atoms with Crippen molar-refractivity contribution >= 4 is 22.4 Å². The van der Waals surface area contributed by atoms with E-state index in [4.69, 9.17) is 4.74 Å². The molecule has 0 amide bonds. The fourth-order valence-electron chi connectivity index (χ4n) is 3.68. The topological polar surface area (TPSA) is 61.9 Å². The summed E-state index contributed by atoms with van der Waals surface area (Å²) in [6, 6.07) is 3.76. The molecule has 0 spiro atoms. The van der Waals surface area contributed by atoms with Gasteiger partial charge in [-0.1, -0.05) is 0 Å². The number of hydrogen-bond acceptors (Lipinski definition) is 5. The van der Waals surface area contributed by atoms with Crippen LogP contribution < -0.4 is 10.1 Å². The van der Waals surface area contributed by atoms with Crippen molar-refractivity contribution in [3.05, 3.63) is 23.3 Å². The van der Waals surface area contributed by atoms with E-state index in [1.807, 2.05) is 13.8 Å². The van der Waals surface area contributed by atoms with Crippen LogP contribution in [0.5, 0.6) is 5.75 Å². The van der Waals surface area contributed by atoms with E-state index in [1.165, 1.54) is 0 Å². The Morgan fingerprint density at radius 2 is 1.80 bits per heavy atom. The summed E-state index contributed by atoms with van der Waals surface area (Å²) in [5.74, 6) is 0.728. The Balaban J connectivity index is 0.00000225. The van der Waals surface area contributed by atoms with Gasteiger partial charge in [-0.05, 0) is 43.5 Å². The zero-order valence-electron chi connectivity index (χ0n) is 15.1. The second kappa shape index (κ2) is 8.22. The monoisotopic (exact) mass is 389 g/mol. The fourth-order valence-corrected chi connectivity index (χ4v) is 5.46. The third kappa shape index (κ3) is 3.95. The van der Waals surface area contributed by atoms with Crippen molar-refractivity contribution in [2.75, 3.05) is 46.4 Å². The summed E-state index contributed by atoms with van der Waals surface area (Å²) in [4.78, 5) is 2.82. The van der Waals surface area contributed by atoms with Gasteiger partial charge in [-0.2, -0.15) is 4.31 Å². The molecule has 0 aromatic heterocycles. The van der Waals surface area contributed by atoms with Crippen LogP contribution >= 0.6 is 12.4 Å². The number of nitrogens with one attached hydrogen (secondary N) is 1. The maximum absolute atomic E-state index is 13.1. The second-order valence-electron chi connectivity index (χ2n) is 6.61. The van der Waals surface area contributed by atoms with Crippen molar-refractivity contribution in [1.82, 2.24) is 14.5 Å². The smallest absolute Gasteiger partial charge is 0.243 e. The minimum absolute atomic E-state index is 0. The Hall–Kier alpha value is -0.860. The molecule has 1 unspecified atom stereocenters. The van der Waals surface area contributed by atoms with Crippen molar-refractivity contribution < 1.29 is 13.2 Å². The highest BCUT2D eigenvalue weighted by Gasteiger charge is 2.36. The summed E-state index contributed by atoms with van der Waals surface area (Å²) in [5, 5.41) is 3.34. The molecule has 0 saturated carbocycles. The molecule has 3 rings (SSSR count). The van der Waals surface area contributed by atoms with E-state index in [2.05, 4.69) is 10.2 Å². The van der Waals surface area contributed by atoms with Crippen LogP contribution in [0, 0.1) is 13.8 Å². The Labute approximate surface area is 157 Å². The van der Waals surface area contributed by atoms with Crippen LogP contribution in [0.4, 0.5) is 0 Å². The maximum atomic E-state index is 13.1. The quantitative estimate of drug-likeness (QED) is 0.843. The normalized spacial score (nSPS) is 22.6. The molecule has 1 N–H and O–H groups in total. The van der Waals surface area contributed by atoms with Gasteiger partial charge in [-0.25, -0.2) is 8.42 Å². The molecule has 2 aliphatic rings. The molecule has 2 fully saturated rings. The average molecular weight is 390 g/mol. The molecule has 0 bridgehead atoms. The number of sulfonamides is 1. The first kappa shape index (κ1) is 20.5. The predicted octanol–water partition coefficient (Wildman–Crippen LogP) is 1.40. The third-order valence-electron chi connectivity index (χ3n) is 5.32. The fraction of sp³-hybridized carbons (Fsp3) is 0.647. The number of nitrogens with zero attached hydrogens (tertiary/aromatic N) is 2. The molecule has 1 aromatic carbocycles. The van der Waals surface area contributed by atoms with Gasteiger partial charge in [0.1, 0.15) is 5.75 Å². The molecular formula is C17H28ClN3O3S. The van der Waals surface area contributed by atoms with Crippen LogP contribution in [0.2, 0.25) is 0 Å². The van der Waals surface area contributed by atoms with Crippen molar-refractivity contribution in [2.45, 2.75) is 31.2 Å². The first-order chi connectivity index (χ1) is 11.4. The van der Waals surface area contributed by atoms with Crippen LogP contribution in [0.1, 0.15) is 17.5 Å². The van der Waals surface area contributed by atoms with E-state index in [-0.39, 0.29) is 12.4 Å². The average Bonchev–Trinajstić information content (AvgIpc) is 3.09. The maximum Gasteiger partial charge on any atom is 0.243 e. The minimum Gasteiger partial charge on any atom is -0.496 e. The van der Waals surface area contributed by atoms with Gasteiger partial charge in [0.2, 0.25) is 10.0 Å². The van der Waals surface area contributed by atoms with E-state index < -0.39 is 10.0 Å². The first-order valence-electron chi connectivity index (χ1n) is 8.54. The zero-order valence-corrected chi connectivity index (χ0v) is 16.8. The summed E-state index contributed by atoms with van der Waals surface area (Å²) in [6.45, 7) is 8.92. The molecule has 2 aliphatic heterocycles. The van der Waals surface area contributed by atoms with Gasteiger partial charge < -0.3 is 10.1 Å². The molecular weight excluding hydrogens is 362 g/mol. The molecule has 2 heterocycles. The number of ether oxygens (including phenoxy) is 1. The van der Waals surface area contributed by atoms with E-state index in [1.54, 1.807) is 23.5 Å². The SMILES string of the molecule is COc1ccc(S(=O)(=O)N2CCC(N3CCNCC3)C2)c(C)c1C.Cl.